The van der Waals surface area contributed by atoms with Gasteiger partial charge in [-0.25, -0.2) is 0 Å². The van der Waals surface area contributed by atoms with E-state index in [0.717, 1.165) is 19.6 Å². The molecule has 0 aromatic rings. The van der Waals surface area contributed by atoms with Crippen LogP contribution in [0.15, 0.2) is 0 Å². The highest BCUT2D eigenvalue weighted by molar-refractivity contribution is 5.85. The number of rotatable bonds is 1. The summed E-state index contributed by atoms with van der Waals surface area (Å²) in [6.45, 7) is 10.7. The summed E-state index contributed by atoms with van der Waals surface area (Å²) >= 11 is 0. The van der Waals surface area contributed by atoms with E-state index < -0.39 is 0 Å². The van der Waals surface area contributed by atoms with Crippen molar-refractivity contribution in [2.45, 2.75) is 39.8 Å². The Morgan fingerprint density at radius 3 is 2.33 bits per heavy atom. The third kappa shape index (κ3) is 3.74. The molecular formula is C9H20ClNO. The van der Waals surface area contributed by atoms with Crippen LogP contribution in [-0.4, -0.2) is 18.9 Å². The molecule has 0 amide bonds. The summed E-state index contributed by atoms with van der Waals surface area (Å²) in [5.74, 6) is 0. The van der Waals surface area contributed by atoms with Gasteiger partial charge < -0.3 is 4.74 Å². The highest BCUT2D eigenvalue weighted by atomic mass is 35.5. The van der Waals surface area contributed by atoms with Gasteiger partial charge in [0.25, 0.3) is 0 Å². The Morgan fingerprint density at radius 1 is 1.42 bits per heavy atom. The van der Waals surface area contributed by atoms with Crippen molar-refractivity contribution in [3.8, 4) is 0 Å². The smallest absolute Gasteiger partial charge is 0.117 e. The average molecular weight is 194 g/mol. The second kappa shape index (κ2) is 3.95. The normalized spacial score (nSPS) is 30.0. The van der Waals surface area contributed by atoms with E-state index in [2.05, 4.69) is 33.0 Å². The first-order valence-electron chi connectivity index (χ1n) is 4.30. The quantitative estimate of drug-likeness (QED) is 0.690. The Balaban J connectivity index is 0.00000121. The lowest BCUT2D eigenvalue weighted by molar-refractivity contribution is -0.0242. The minimum atomic E-state index is -0.0712. The number of hydrogen-bond acceptors (Lipinski definition) is 2. The molecule has 1 aliphatic rings. The first-order valence-corrected chi connectivity index (χ1v) is 4.30. The van der Waals surface area contributed by atoms with E-state index in [1.165, 1.54) is 0 Å². The number of hydrogen-bond donors (Lipinski definition) is 1. The zero-order valence-electron chi connectivity index (χ0n) is 8.44. The summed E-state index contributed by atoms with van der Waals surface area (Å²) < 4.78 is 5.61. The minimum absolute atomic E-state index is 0. The molecule has 0 bridgehead atoms. The van der Waals surface area contributed by atoms with Crippen LogP contribution >= 0.6 is 12.4 Å². The minimum Gasteiger partial charge on any atom is -0.360 e. The van der Waals surface area contributed by atoms with E-state index in [1.807, 2.05) is 0 Å². The van der Waals surface area contributed by atoms with Crippen LogP contribution in [0.5, 0.6) is 0 Å². The van der Waals surface area contributed by atoms with Crippen molar-refractivity contribution in [2.75, 3.05) is 13.2 Å². The van der Waals surface area contributed by atoms with Crippen LogP contribution in [0.3, 0.4) is 0 Å². The molecule has 74 valence electrons. The van der Waals surface area contributed by atoms with Crippen molar-refractivity contribution in [2.24, 2.45) is 5.41 Å². The molecule has 12 heavy (non-hydrogen) atoms. The maximum Gasteiger partial charge on any atom is 0.117 e. The average Bonchev–Trinajstić information content (AvgIpc) is 2.09. The third-order valence-corrected chi connectivity index (χ3v) is 1.89. The number of ether oxygens (including phenoxy) is 1. The van der Waals surface area contributed by atoms with Gasteiger partial charge in [-0.3, -0.25) is 5.32 Å². The largest absolute Gasteiger partial charge is 0.360 e. The van der Waals surface area contributed by atoms with Crippen LogP contribution in [0.1, 0.15) is 34.1 Å². The SMILES string of the molecule is CC(C)(C)CC1(C)NCCO1.Cl. The lowest BCUT2D eigenvalue weighted by Crippen LogP contribution is -2.41. The van der Waals surface area contributed by atoms with Gasteiger partial charge in [0, 0.05) is 6.54 Å². The number of nitrogens with one attached hydrogen (secondary N) is 1. The number of halogens is 1. The van der Waals surface area contributed by atoms with Crippen LogP contribution < -0.4 is 5.32 Å². The van der Waals surface area contributed by atoms with Crippen molar-refractivity contribution in [1.82, 2.24) is 5.32 Å². The van der Waals surface area contributed by atoms with Gasteiger partial charge in [0.15, 0.2) is 0 Å². The molecule has 1 aliphatic heterocycles. The fraction of sp³-hybridized carbons (Fsp3) is 1.00. The molecule has 0 aliphatic carbocycles. The molecular weight excluding hydrogens is 174 g/mol. The molecule has 1 heterocycles. The maximum absolute atomic E-state index is 5.61. The van der Waals surface area contributed by atoms with Crippen molar-refractivity contribution < 1.29 is 4.74 Å². The molecule has 1 saturated heterocycles. The predicted molar refractivity (Wildman–Crippen MR) is 53.7 cm³/mol. The summed E-state index contributed by atoms with van der Waals surface area (Å²) in [5, 5.41) is 3.37. The molecule has 1 unspecified atom stereocenters. The second-order valence-electron chi connectivity index (χ2n) is 4.74. The Morgan fingerprint density at radius 2 is 2.00 bits per heavy atom. The van der Waals surface area contributed by atoms with E-state index in [-0.39, 0.29) is 18.1 Å². The highest BCUT2D eigenvalue weighted by Crippen LogP contribution is 2.29. The van der Waals surface area contributed by atoms with E-state index in [9.17, 15) is 0 Å². The molecule has 0 saturated carbocycles. The van der Waals surface area contributed by atoms with Crippen LogP contribution in [0, 0.1) is 5.41 Å². The molecule has 1 atom stereocenters. The summed E-state index contributed by atoms with van der Waals surface area (Å²) in [7, 11) is 0. The van der Waals surface area contributed by atoms with E-state index in [1.54, 1.807) is 0 Å². The van der Waals surface area contributed by atoms with Crippen molar-refractivity contribution in [3.63, 3.8) is 0 Å². The fourth-order valence-electron chi connectivity index (χ4n) is 1.77. The molecule has 0 aromatic carbocycles. The molecule has 1 fully saturated rings. The van der Waals surface area contributed by atoms with Gasteiger partial charge in [0.05, 0.1) is 6.61 Å². The van der Waals surface area contributed by atoms with Gasteiger partial charge in [-0.05, 0) is 18.8 Å². The van der Waals surface area contributed by atoms with Gasteiger partial charge in [-0.15, -0.1) is 12.4 Å². The second-order valence-corrected chi connectivity index (χ2v) is 4.74. The first kappa shape index (κ1) is 12.2. The molecule has 3 heteroatoms. The van der Waals surface area contributed by atoms with E-state index in [0.29, 0.717) is 5.41 Å². The molecule has 2 nitrogen and oxygen atoms in total. The standard InChI is InChI=1S/C9H19NO.ClH/c1-8(2,3)7-9(4)10-5-6-11-9;/h10H,5-7H2,1-4H3;1H. The topological polar surface area (TPSA) is 21.3 Å². The first-order chi connectivity index (χ1) is 4.91. The van der Waals surface area contributed by atoms with E-state index in [4.69, 9.17) is 4.74 Å². The van der Waals surface area contributed by atoms with E-state index >= 15 is 0 Å². The highest BCUT2D eigenvalue weighted by Gasteiger charge is 2.33. The Kier molecular flexibility index (Phi) is 4.01. The molecule has 1 rings (SSSR count). The summed E-state index contributed by atoms with van der Waals surface area (Å²) in [5.41, 5.74) is 0.268. The molecule has 0 radical (unpaired) electrons. The predicted octanol–water partition coefficient (Wildman–Crippen LogP) is 2.18. The zero-order chi connectivity index (χ0) is 8.54. The van der Waals surface area contributed by atoms with Crippen molar-refractivity contribution >= 4 is 12.4 Å². The Hall–Kier alpha value is 0.210. The van der Waals surface area contributed by atoms with Gasteiger partial charge >= 0.3 is 0 Å². The zero-order valence-corrected chi connectivity index (χ0v) is 9.25. The summed E-state index contributed by atoms with van der Waals surface area (Å²) in [6.07, 6.45) is 1.07. The monoisotopic (exact) mass is 193 g/mol. The van der Waals surface area contributed by atoms with Gasteiger partial charge in [0.2, 0.25) is 0 Å². The van der Waals surface area contributed by atoms with Gasteiger partial charge in [0.1, 0.15) is 5.72 Å². The summed E-state index contributed by atoms with van der Waals surface area (Å²) in [6, 6.07) is 0. The lowest BCUT2D eigenvalue weighted by Gasteiger charge is -2.31. The van der Waals surface area contributed by atoms with Crippen LogP contribution in [0.4, 0.5) is 0 Å². The lowest BCUT2D eigenvalue weighted by atomic mass is 9.87. The van der Waals surface area contributed by atoms with Crippen molar-refractivity contribution in [3.05, 3.63) is 0 Å². The van der Waals surface area contributed by atoms with Crippen LogP contribution in [0.2, 0.25) is 0 Å². The molecule has 0 aromatic heterocycles. The van der Waals surface area contributed by atoms with Gasteiger partial charge in [-0.1, -0.05) is 20.8 Å². The third-order valence-electron chi connectivity index (χ3n) is 1.89. The fourth-order valence-corrected chi connectivity index (χ4v) is 1.77. The van der Waals surface area contributed by atoms with Crippen molar-refractivity contribution in [1.29, 1.82) is 0 Å². The summed E-state index contributed by atoms with van der Waals surface area (Å²) in [4.78, 5) is 0. The van der Waals surface area contributed by atoms with Crippen LogP contribution in [-0.2, 0) is 4.74 Å². The Bertz CT molecular complexity index is 136. The van der Waals surface area contributed by atoms with Gasteiger partial charge in [-0.2, -0.15) is 0 Å². The molecule has 1 N–H and O–H groups in total. The Labute approximate surface area is 81.5 Å². The maximum atomic E-state index is 5.61. The van der Waals surface area contributed by atoms with Crippen LogP contribution in [0.25, 0.3) is 0 Å². The molecule has 0 spiro atoms.